The van der Waals surface area contributed by atoms with Crippen LogP contribution in [0.2, 0.25) is 0 Å². The van der Waals surface area contributed by atoms with E-state index in [1.54, 1.807) is 13.2 Å². The van der Waals surface area contributed by atoms with E-state index in [2.05, 4.69) is 13.8 Å². The standard InChI is InChI=1S/C13H17NO3/c1-7(2)10-6-17-12-9(10)4-8(13(14)15)5-11(12)16-3/h4-5,7,10H,6H2,1-3H3,(H2,14,15). The fourth-order valence-corrected chi connectivity index (χ4v) is 2.16. The lowest BCUT2D eigenvalue weighted by atomic mass is 9.89. The van der Waals surface area contributed by atoms with Gasteiger partial charge in [0.25, 0.3) is 0 Å². The van der Waals surface area contributed by atoms with Crippen molar-refractivity contribution in [2.75, 3.05) is 13.7 Å². The van der Waals surface area contributed by atoms with Gasteiger partial charge in [-0.3, -0.25) is 4.79 Å². The maximum atomic E-state index is 11.3. The number of carbonyl (C=O) groups excluding carboxylic acids is 1. The van der Waals surface area contributed by atoms with Crippen LogP contribution in [0.5, 0.6) is 11.5 Å². The molecule has 1 aliphatic heterocycles. The molecular weight excluding hydrogens is 218 g/mol. The predicted molar refractivity (Wildman–Crippen MR) is 64.6 cm³/mol. The molecule has 1 heterocycles. The molecule has 17 heavy (non-hydrogen) atoms. The molecule has 1 atom stereocenters. The third-order valence-corrected chi connectivity index (χ3v) is 3.20. The van der Waals surface area contributed by atoms with Gasteiger partial charge in [-0.1, -0.05) is 13.8 Å². The Morgan fingerprint density at radius 3 is 2.76 bits per heavy atom. The average molecular weight is 235 g/mol. The molecule has 2 rings (SSSR count). The number of hydrogen-bond acceptors (Lipinski definition) is 3. The minimum Gasteiger partial charge on any atom is -0.493 e. The van der Waals surface area contributed by atoms with Crippen LogP contribution in [0.1, 0.15) is 35.7 Å². The lowest BCUT2D eigenvalue weighted by molar-refractivity contribution is 0.1000. The van der Waals surface area contributed by atoms with Crippen LogP contribution in [-0.2, 0) is 0 Å². The first-order chi connectivity index (χ1) is 8.04. The average Bonchev–Trinajstić information content (AvgIpc) is 2.70. The zero-order chi connectivity index (χ0) is 12.6. The van der Waals surface area contributed by atoms with Crippen molar-refractivity contribution in [3.63, 3.8) is 0 Å². The summed E-state index contributed by atoms with van der Waals surface area (Å²) in [6.07, 6.45) is 0. The van der Waals surface area contributed by atoms with E-state index < -0.39 is 5.91 Å². The van der Waals surface area contributed by atoms with Crippen LogP contribution in [0, 0.1) is 5.92 Å². The second kappa shape index (κ2) is 4.28. The van der Waals surface area contributed by atoms with E-state index in [4.69, 9.17) is 15.2 Å². The molecule has 0 radical (unpaired) electrons. The largest absolute Gasteiger partial charge is 0.493 e. The third-order valence-electron chi connectivity index (χ3n) is 3.20. The van der Waals surface area contributed by atoms with E-state index in [0.717, 1.165) is 11.3 Å². The number of fused-ring (bicyclic) bond motifs is 1. The smallest absolute Gasteiger partial charge is 0.248 e. The van der Waals surface area contributed by atoms with Gasteiger partial charge in [0.2, 0.25) is 5.91 Å². The molecular formula is C13H17NO3. The lowest BCUT2D eigenvalue weighted by Gasteiger charge is -2.13. The van der Waals surface area contributed by atoms with Gasteiger partial charge in [0, 0.05) is 17.0 Å². The van der Waals surface area contributed by atoms with Gasteiger partial charge in [0.15, 0.2) is 11.5 Å². The molecule has 0 saturated heterocycles. The summed E-state index contributed by atoms with van der Waals surface area (Å²) < 4.78 is 10.9. The van der Waals surface area contributed by atoms with Gasteiger partial charge in [-0.2, -0.15) is 0 Å². The highest BCUT2D eigenvalue weighted by Gasteiger charge is 2.30. The minimum absolute atomic E-state index is 0.290. The molecule has 0 bridgehead atoms. The number of nitrogens with two attached hydrogens (primary N) is 1. The van der Waals surface area contributed by atoms with Gasteiger partial charge in [-0.25, -0.2) is 0 Å². The Kier molecular flexibility index (Phi) is 2.96. The number of ether oxygens (including phenoxy) is 2. The van der Waals surface area contributed by atoms with Gasteiger partial charge in [0.1, 0.15) is 0 Å². The van der Waals surface area contributed by atoms with Gasteiger partial charge < -0.3 is 15.2 Å². The van der Waals surface area contributed by atoms with E-state index in [9.17, 15) is 4.79 Å². The van der Waals surface area contributed by atoms with Crippen molar-refractivity contribution < 1.29 is 14.3 Å². The predicted octanol–water partition coefficient (Wildman–Crippen LogP) is 1.93. The van der Waals surface area contributed by atoms with Gasteiger partial charge in [0.05, 0.1) is 13.7 Å². The number of primary amides is 1. The second-order valence-electron chi connectivity index (χ2n) is 4.62. The molecule has 4 nitrogen and oxygen atoms in total. The Labute approximate surface area is 101 Å². The quantitative estimate of drug-likeness (QED) is 0.870. The first-order valence-electron chi connectivity index (χ1n) is 5.69. The summed E-state index contributed by atoms with van der Waals surface area (Å²) in [7, 11) is 1.56. The van der Waals surface area contributed by atoms with E-state index in [-0.39, 0.29) is 5.92 Å². The molecule has 0 saturated carbocycles. The number of benzene rings is 1. The van der Waals surface area contributed by atoms with Crippen molar-refractivity contribution in [1.82, 2.24) is 0 Å². The molecule has 1 aromatic rings. The lowest BCUT2D eigenvalue weighted by Crippen LogP contribution is -2.12. The van der Waals surface area contributed by atoms with Crippen LogP contribution in [0.15, 0.2) is 12.1 Å². The maximum Gasteiger partial charge on any atom is 0.248 e. The molecule has 1 amide bonds. The van der Waals surface area contributed by atoms with Crippen molar-refractivity contribution in [3.8, 4) is 11.5 Å². The molecule has 2 N–H and O–H groups in total. The van der Waals surface area contributed by atoms with E-state index in [1.165, 1.54) is 0 Å². The molecule has 1 aliphatic rings. The van der Waals surface area contributed by atoms with Crippen LogP contribution in [0.4, 0.5) is 0 Å². The fraction of sp³-hybridized carbons (Fsp3) is 0.462. The summed E-state index contributed by atoms with van der Waals surface area (Å²) in [5.41, 5.74) is 6.81. The number of methoxy groups -OCH3 is 1. The van der Waals surface area contributed by atoms with E-state index >= 15 is 0 Å². The second-order valence-corrected chi connectivity index (χ2v) is 4.62. The van der Waals surface area contributed by atoms with E-state index in [0.29, 0.717) is 23.8 Å². The normalized spacial score (nSPS) is 17.8. The Balaban J connectivity index is 2.54. The third kappa shape index (κ3) is 1.95. The van der Waals surface area contributed by atoms with Crippen LogP contribution in [0.25, 0.3) is 0 Å². The van der Waals surface area contributed by atoms with Crippen molar-refractivity contribution in [2.24, 2.45) is 11.7 Å². The Morgan fingerprint density at radius 1 is 1.53 bits per heavy atom. The zero-order valence-corrected chi connectivity index (χ0v) is 10.3. The summed E-state index contributed by atoms with van der Waals surface area (Å²) in [4.78, 5) is 11.3. The van der Waals surface area contributed by atoms with Crippen molar-refractivity contribution in [1.29, 1.82) is 0 Å². The SMILES string of the molecule is COc1cc(C(N)=O)cc2c1OCC2C(C)C. The first kappa shape index (κ1) is 11.8. The zero-order valence-electron chi connectivity index (χ0n) is 10.3. The molecule has 4 heteroatoms. The topological polar surface area (TPSA) is 61.5 Å². The summed E-state index contributed by atoms with van der Waals surface area (Å²) in [6.45, 7) is 4.89. The molecule has 1 aromatic carbocycles. The first-order valence-corrected chi connectivity index (χ1v) is 5.69. The molecule has 0 spiro atoms. The molecule has 92 valence electrons. The summed E-state index contributed by atoms with van der Waals surface area (Å²) >= 11 is 0. The van der Waals surface area contributed by atoms with Gasteiger partial charge in [-0.15, -0.1) is 0 Å². The molecule has 0 fully saturated rings. The van der Waals surface area contributed by atoms with Crippen molar-refractivity contribution in [2.45, 2.75) is 19.8 Å². The highest BCUT2D eigenvalue weighted by atomic mass is 16.5. The van der Waals surface area contributed by atoms with Crippen molar-refractivity contribution in [3.05, 3.63) is 23.3 Å². The van der Waals surface area contributed by atoms with Crippen LogP contribution >= 0.6 is 0 Å². The Morgan fingerprint density at radius 2 is 2.24 bits per heavy atom. The van der Waals surface area contributed by atoms with Gasteiger partial charge >= 0.3 is 0 Å². The molecule has 0 aliphatic carbocycles. The van der Waals surface area contributed by atoms with Crippen molar-refractivity contribution >= 4 is 5.91 Å². The number of carbonyl (C=O) groups is 1. The maximum absolute atomic E-state index is 11.3. The van der Waals surface area contributed by atoms with Crippen LogP contribution < -0.4 is 15.2 Å². The summed E-state index contributed by atoms with van der Waals surface area (Å²) in [6, 6.07) is 3.45. The van der Waals surface area contributed by atoms with Crippen LogP contribution in [0.3, 0.4) is 0 Å². The Hall–Kier alpha value is -1.71. The van der Waals surface area contributed by atoms with Gasteiger partial charge in [-0.05, 0) is 18.1 Å². The minimum atomic E-state index is -0.444. The molecule has 1 unspecified atom stereocenters. The highest BCUT2D eigenvalue weighted by molar-refractivity contribution is 5.94. The monoisotopic (exact) mass is 235 g/mol. The highest BCUT2D eigenvalue weighted by Crippen LogP contribution is 2.44. The Bertz CT molecular complexity index is 454. The molecule has 0 aromatic heterocycles. The summed E-state index contributed by atoms with van der Waals surface area (Å²) in [5, 5.41) is 0. The number of amides is 1. The fourth-order valence-electron chi connectivity index (χ4n) is 2.16. The summed E-state index contributed by atoms with van der Waals surface area (Å²) in [5.74, 6) is 1.62. The number of rotatable bonds is 3. The van der Waals surface area contributed by atoms with Crippen LogP contribution in [-0.4, -0.2) is 19.6 Å². The number of hydrogen-bond donors (Lipinski definition) is 1. The van der Waals surface area contributed by atoms with E-state index in [1.807, 2.05) is 6.07 Å².